The first-order valence-corrected chi connectivity index (χ1v) is 5.17. The molecule has 1 unspecified atom stereocenters. The third-order valence-corrected chi connectivity index (χ3v) is 2.06. The largest absolute Gasteiger partial charge is 1.00 e. The van der Waals surface area contributed by atoms with E-state index in [0.29, 0.717) is 0 Å². The molecule has 0 bridgehead atoms. The smallest absolute Gasteiger partial charge is 0.748 e. The van der Waals surface area contributed by atoms with Crippen molar-refractivity contribution in [3.05, 3.63) is 0 Å². The predicted molar refractivity (Wildman–Crippen MR) is 39.3 cm³/mol. The van der Waals surface area contributed by atoms with Crippen LogP contribution < -0.4 is 51.4 Å². The van der Waals surface area contributed by atoms with Gasteiger partial charge in [-0.3, -0.25) is 4.39 Å². The van der Waals surface area contributed by atoms with E-state index in [9.17, 15) is 21.8 Å². The van der Waals surface area contributed by atoms with Crippen LogP contribution >= 0.6 is 0 Å². The first kappa shape index (κ1) is 16.8. The Bertz CT molecular complexity index is 208. The van der Waals surface area contributed by atoms with Crippen LogP contribution in [0.1, 0.15) is 19.3 Å². The summed E-state index contributed by atoms with van der Waals surface area (Å²) in [4.78, 5) is 0. The van der Waals surface area contributed by atoms with Crippen molar-refractivity contribution in [1.82, 2.24) is 0 Å². The minimum absolute atomic E-state index is 0. The van der Waals surface area contributed by atoms with E-state index in [1.54, 1.807) is 0 Å². The second-order valence-electron chi connectivity index (χ2n) is 2.51. The molecule has 74 valence electrons. The summed E-state index contributed by atoms with van der Waals surface area (Å²) in [5.74, 6) is -1.00. The molecule has 0 aliphatic heterocycles. The Labute approximate surface area is 119 Å². The van der Waals surface area contributed by atoms with Gasteiger partial charge in [-0.05, 0) is 19.3 Å². The van der Waals surface area contributed by atoms with E-state index >= 15 is 0 Å². The van der Waals surface area contributed by atoms with Crippen molar-refractivity contribution in [2.24, 2.45) is 0 Å². The summed E-state index contributed by atoms with van der Waals surface area (Å²) in [6.45, 7) is -0.545. The summed E-state index contributed by atoms with van der Waals surface area (Å²) in [7, 11) is -4.48. The van der Waals surface area contributed by atoms with Gasteiger partial charge >= 0.3 is 51.4 Å². The van der Waals surface area contributed by atoms with Crippen molar-refractivity contribution < 1.29 is 73.1 Å². The van der Waals surface area contributed by atoms with E-state index in [1.807, 2.05) is 0 Å². The number of rotatable bonds is 6. The maximum Gasteiger partial charge on any atom is 1.00 e. The quantitative estimate of drug-likeness (QED) is 0.307. The van der Waals surface area contributed by atoms with Gasteiger partial charge in [0.2, 0.25) is 0 Å². The molecule has 0 N–H and O–H groups in total. The molecule has 0 rings (SSSR count). The zero-order chi connectivity index (χ0) is 9.61. The summed E-state index contributed by atoms with van der Waals surface area (Å²) in [5, 5.41) is 0. The second kappa shape index (κ2) is 8.69. The van der Waals surface area contributed by atoms with Crippen molar-refractivity contribution in [1.29, 1.82) is 0 Å². The molecule has 0 aromatic heterocycles. The maximum atomic E-state index is 12.5. The number of unbranched alkanes of at least 4 members (excludes halogenated alkanes) is 1. The molecular formula is C6H11F2KO3S. The minimum atomic E-state index is -4.48. The van der Waals surface area contributed by atoms with Crippen molar-refractivity contribution in [3.63, 3.8) is 0 Å². The van der Waals surface area contributed by atoms with Gasteiger partial charge in [0, 0.05) is 0 Å². The van der Waals surface area contributed by atoms with Gasteiger partial charge in [-0.15, -0.1) is 0 Å². The molecule has 0 radical (unpaired) electrons. The van der Waals surface area contributed by atoms with Crippen LogP contribution in [0.2, 0.25) is 0 Å². The van der Waals surface area contributed by atoms with Gasteiger partial charge in [0.05, 0.1) is 22.5 Å². The molecule has 0 spiro atoms. The number of hydrogen-bond donors (Lipinski definition) is 0. The Balaban J connectivity index is 0. The molecule has 0 aliphatic rings. The molecule has 3 nitrogen and oxygen atoms in total. The number of halogens is 2. The van der Waals surface area contributed by atoms with Gasteiger partial charge in [-0.2, -0.15) is 0 Å². The summed E-state index contributed by atoms with van der Waals surface area (Å²) in [5.41, 5.74) is 0. The standard InChI is InChI=1S/C6H12F2O3S.K/c7-4-2-1-3-6(8)5-12(9,10)11;/h6H,1-5H2,(H,9,10,11);/q;+1/p-1. The fraction of sp³-hybridized carbons (Fsp3) is 1.00. The average Bonchev–Trinajstić information content (AvgIpc) is 1.84. The van der Waals surface area contributed by atoms with Gasteiger partial charge in [-0.1, -0.05) is 0 Å². The van der Waals surface area contributed by atoms with Crippen molar-refractivity contribution >= 4 is 10.1 Å². The minimum Gasteiger partial charge on any atom is -0.748 e. The van der Waals surface area contributed by atoms with Gasteiger partial charge in [0.1, 0.15) is 6.17 Å². The summed E-state index contributed by atoms with van der Waals surface area (Å²) in [6, 6.07) is 0. The zero-order valence-corrected chi connectivity index (χ0v) is 11.4. The van der Waals surface area contributed by atoms with E-state index in [4.69, 9.17) is 0 Å². The molecule has 0 saturated heterocycles. The number of hydrogen-bond acceptors (Lipinski definition) is 3. The Morgan fingerprint density at radius 3 is 2.23 bits per heavy atom. The van der Waals surface area contributed by atoms with Gasteiger partial charge < -0.3 is 4.55 Å². The molecule has 13 heavy (non-hydrogen) atoms. The molecule has 0 heterocycles. The van der Waals surface area contributed by atoms with E-state index < -0.39 is 28.7 Å². The molecule has 7 heteroatoms. The van der Waals surface area contributed by atoms with E-state index in [-0.39, 0.29) is 70.6 Å². The fourth-order valence-electron chi connectivity index (χ4n) is 0.765. The number of alkyl halides is 2. The molecule has 0 aromatic rings. The SMILES string of the molecule is O=S(=O)([O-])CC(F)CCCCF.[K+]. The fourth-order valence-corrected chi connectivity index (χ4v) is 1.37. The Morgan fingerprint density at radius 2 is 1.85 bits per heavy atom. The van der Waals surface area contributed by atoms with E-state index in [0.717, 1.165) is 0 Å². The summed E-state index contributed by atoms with van der Waals surface area (Å²) in [6.07, 6.45) is -1.24. The maximum absolute atomic E-state index is 12.5. The van der Waals surface area contributed by atoms with Crippen LogP contribution in [0, 0.1) is 0 Å². The van der Waals surface area contributed by atoms with Gasteiger partial charge in [-0.25, -0.2) is 12.8 Å². The first-order valence-electron chi connectivity index (χ1n) is 3.59. The molecule has 0 fully saturated rings. The van der Waals surface area contributed by atoms with Crippen LogP contribution in [0.3, 0.4) is 0 Å². The van der Waals surface area contributed by atoms with Crippen LogP contribution in [0.25, 0.3) is 0 Å². The van der Waals surface area contributed by atoms with Crippen LogP contribution in [0.5, 0.6) is 0 Å². The summed E-state index contributed by atoms with van der Waals surface area (Å²) >= 11 is 0. The third-order valence-electron chi connectivity index (χ3n) is 1.29. The van der Waals surface area contributed by atoms with Crippen LogP contribution in [0.4, 0.5) is 8.78 Å². The van der Waals surface area contributed by atoms with Gasteiger partial charge in [0.25, 0.3) is 0 Å². The normalized spacial score (nSPS) is 13.5. The zero-order valence-electron chi connectivity index (χ0n) is 7.50. The van der Waals surface area contributed by atoms with Crippen LogP contribution in [-0.4, -0.2) is 31.6 Å². The van der Waals surface area contributed by atoms with E-state index in [2.05, 4.69) is 0 Å². The third kappa shape index (κ3) is 13.4. The Hall–Kier alpha value is 1.41. The molecule has 0 amide bonds. The molecular weight excluding hydrogens is 229 g/mol. The van der Waals surface area contributed by atoms with Crippen LogP contribution in [-0.2, 0) is 10.1 Å². The molecule has 0 aromatic carbocycles. The monoisotopic (exact) mass is 240 g/mol. The summed E-state index contributed by atoms with van der Waals surface area (Å²) < 4.78 is 54.0. The van der Waals surface area contributed by atoms with Crippen molar-refractivity contribution in [2.45, 2.75) is 25.4 Å². The second-order valence-corrected chi connectivity index (χ2v) is 3.96. The topological polar surface area (TPSA) is 57.2 Å². The Kier molecular flexibility index (Phi) is 11.2. The molecule has 1 atom stereocenters. The van der Waals surface area contributed by atoms with Gasteiger partial charge in [0.15, 0.2) is 0 Å². The molecule has 0 aliphatic carbocycles. The first-order chi connectivity index (χ1) is 5.45. The van der Waals surface area contributed by atoms with E-state index in [1.165, 1.54) is 0 Å². The van der Waals surface area contributed by atoms with Crippen molar-refractivity contribution in [3.8, 4) is 0 Å². The van der Waals surface area contributed by atoms with Crippen LogP contribution in [0.15, 0.2) is 0 Å². The van der Waals surface area contributed by atoms with Crippen molar-refractivity contribution in [2.75, 3.05) is 12.4 Å². The Morgan fingerprint density at radius 1 is 1.31 bits per heavy atom. The average molecular weight is 240 g/mol. The molecule has 0 saturated carbocycles. The predicted octanol–water partition coefficient (Wildman–Crippen LogP) is -1.99.